The van der Waals surface area contributed by atoms with E-state index in [0.29, 0.717) is 0 Å². The smallest absolute Gasteiger partial charge is 0.0490 e. The summed E-state index contributed by atoms with van der Waals surface area (Å²) in [4.78, 5) is 4.80. The summed E-state index contributed by atoms with van der Waals surface area (Å²) in [6, 6.07) is 30.7. The Morgan fingerprint density at radius 2 is 1.34 bits per heavy atom. The fourth-order valence-corrected chi connectivity index (χ4v) is 3.79. The van der Waals surface area contributed by atoms with Gasteiger partial charge in [0.05, 0.1) is 0 Å². The van der Waals surface area contributed by atoms with E-state index < -0.39 is 0 Å². The number of nitrogens with zero attached hydrogens (tertiary/aromatic N) is 2. The zero-order valence-corrected chi connectivity index (χ0v) is 17.9. The van der Waals surface area contributed by atoms with Gasteiger partial charge in [0.1, 0.15) is 0 Å². The van der Waals surface area contributed by atoms with E-state index in [1.54, 1.807) is 0 Å². The van der Waals surface area contributed by atoms with E-state index in [-0.39, 0.29) is 5.54 Å². The molecule has 0 saturated heterocycles. The van der Waals surface area contributed by atoms with Gasteiger partial charge in [0.2, 0.25) is 0 Å². The van der Waals surface area contributed by atoms with Crippen molar-refractivity contribution in [1.29, 1.82) is 0 Å². The summed E-state index contributed by atoms with van der Waals surface area (Å²) >= 11 is 0. The van der Waals surface area contributed by atoms with E-state index in [1.165, 1.54) is 32.9 Å². The van der Waals surface area contributed by atoms with Gasteiger partial charge in [-0.2, -0.15) is 0 Å². The van der Waals surface area contributed by atoms with Crippen LogP contribution < -0.4 is 4.90 Å². The highest BCUT2D eigenvalue weighted by atomic mass is 15.2. The van der Waals surface area contributed by atoms with E-state index in [9.17, 15) is 0 Å². The van der Waals surface area contributed by atoms with Gasteiger partial charge in [-0.05, 0) is 68.7 Å². The average molecular weight is 383 g/mol. The van der Waals surface area contributed by atoms with Crippen LogP contribution in [0, 0.1) is 0 Å². The Labute approximate surface area is 174 Å². The molecule has 29 heavy (non-hydrogen) atoms. The summed E-state index contributed by atoms with van der Waals surface area (Å²) in [5.41, 5.74) is 2.64. The first kappa shape index (κ1) is 19.5. The maximum absolute atomic E-state index is 2.49. The van der Waals surface area contributed by atoms with E-state index >= 15 is 0 Å². The first-order chi connectivity index (χ1) is 14.0. The summed E-state index contributed by atoms with van der Waals surface area (Å²) < 4.78 is 0. The molecule has 0 fully saturated rings. The topological polar surface area (TPSA) is 6.48 Å². The van der Waals surface area contributed by atoms with Gasteiger partial charge in [0.25, 0.3) is 0 Å². The van der Waals surface area contributed by atoms with Crippen molar-refractivity contribution in [2.45, 2.75) is 25.8 Å². The summed E-state index contributed by atoms with van der Waals surface area (Å²) in [6.45, 7) is 5.58. The number of fused-ring (bicyclic) bond motifs is 2. The van der Waals surface area contributed by atoms with E-state index in [1.807, 2.05) is 0 Å². The third kappa shape index (κ3) is 3.99. The minimum absolute atomic E-state index is 0.125. The van der Waals surface area contributed by atoms with Crippen LogP contribution in [0.15, 0.2) is 84.9 Å². The van der Waals surface area contributed by atoms with E-state index in [0.717, 1.165) is 13.0 Å². The molecule has 2 nitrogen and oxygen atoms in total. The van der Waals surface area contributed by atoms with Gasteiger partial charge in [-0.15, -0.1) is 0 Å². The lowest BCUT2D eigenvalue weighted by atomic mass is 9.98. The Hall–Kier alpha value is -2.84. The van der Waals surface area contributed by atoms with Crippen molar-refractivity contribution >= 4 is 32.9 Å². The minimum Gasteiger partial charge on any atom is -0.341 e. The minimum atomic E-state index is 0.125. The van der Waals surface area contributed by atoms with Crippen LogP contribution in [0.5, 0.6) is 0 Å². The fraction of sp³-hybridized carbons (Fsp3) is 0.259. The Morgan fingerprint density at radius 3 is 2.10 bits per heavy atom. The number of hydrogen-bond donors (Lipinski definition) is 0. The predicted octanol–water partition coefficient (Wildman–Crippen LogP) is 6.86. The molecule has 0 spiro atoms. The van der Waals surface area contributed by atoms with Crippen molar-refractivity contribution in [3.8, 4) is 0 Å². The van der Waals surface area contributed by atoms with Gasteiger partial charge in [-0.3, -0.25) is 0 Å². The van der Waals surface area contributed by atoms with Crippen LogP contribution in [0.3, 0.4) is 0 Å². The zero-order valence-electron chi connectivity index (χ0n) is 17.9. The predicted molar refractivity (Wildman–Crippen MR) is 127 cm³/mol. The molecule has 4 aromatic carbocycles. The Kier molecular flexibility index (Phi) is 5.29. The van der Waals surface area contributed by atoms with Crippen molar-refractivity contribution in [2.75, 3.05) is 25.5 Å². The molecule has 0 aromatic heterocycles. The number of rotatable bonds is 6. The molecule has 0 bridgehead atoms. The molecular weight excluding hydrogens is 352 g/mol. The monoisotopic (exact) mass is 382 g/mol. The molecule has 4 aromatic rings. The van der Waals surface area contributed by atoms with Crippen LogP contribution in [0.2, 0.25) is 0 Å². The number of benzene rings is 4. The Balaban J connectivity index is 1.82. The second kappa shape index (κ2) is 7.88. The molecule has 0 aliphatic carbocycles. The van der Waals surface area contributed by atoms with Gasteiger partial charge < -0.3 is 9.80 Å². The largest absolute Gasteiger partial charge is 0.341 e. The molecule has 0 amide bonds. The summed E-state index contributed by atoms with van der Waals surface area (Å²) in [7, 11) is 4.33. The van der Waals surface area contributed by atoms with Crippen LogP contribution in [-0.2, 0) is 0 Å². The lowest BCUT2D eigenvalue weighted by Crippen LogP contribution is -2.40. The molecule has 0 saturated carbocycles. The third-order valence-corrected chi connectivity index (χ3v) is 6.26. The van der Waals surface area contributed by atoms with Gasteiger partial charge in [0.15, 0.2) is 0 Å². The van der Waals surface area contributed by atoms with Crippen molar-refractivity contribution < 1.29 is 0 Å². The number of anilines is 2. The molecule has 0 unspecified atom stereocenters. The zero-order chi connectivity index (χ0) is 20.4. The lowest BCUT2D eigenvalue weighted by molar-refractivity contribution is 0.185. The first-order valence-electron chi connectivity index (χ1n) is 10.4. The number of hydrogen-bond acceptors (Lipinski definition) is 2. The first-order valence-corrected chi connectivity index (χ1v) is 10.4. The fourth-order valence-electron chi connectivity index (χ4n) is 3.79. The third-order valence-electron chi connectivity index (χ3n) is 6.26. The second-order valence-corrected chi connectivity index (χ2v) is 8.64. The summed E-state index contributed by atoms with van der Waals surface area (Å²) in [6.07, 6.45) is 1.07. The van der Waals surface area contributed by atoms with Crippen LogP contribution in [-0.4, -0.2) is 31.1 Å². The molecule has 0 aliphatic rings. The van der Waals surface area contributed by atoms with Crippen molar-refractivity contribution in [3.05, 3.63) is 84.9 Å². The van der Waals surface area contributed by atoms with Crippen molar-refractivity contribution in [1.82, 2.24) is 4.90 Å². The standard InChI is InChI=1S/C27H30N2/c1-27(2,28(3)4)18-19-29(24-17-16-21-10-5-6-12-23(21)20-24)26-15-9-13-22-11-7-8-14-25(22)26/h5-17,20H,18-19H2,1-4H3. The Bertz CT molecular complexity index is 1120. The van der Waals surface area contributed by atoms with Crippen LogP contribution in [0.1, 0.15) is 20.3 Å². The average Bonchev–Trinajstić information content (AvgIpc) is 2.73. The molecule has 148 valence electrons. The van der Waals surface area contributed by atoms with Gasteiger partial charge in [-0.25, -0.2) is 0 Å². The van der Waals surface area contributed by atoms with Gasteiger partial charge in [-0.1, -0.05) is 66.7 Å². The van der Waals surface area contributed by atoms with E-state index in [4.69, 9.17) is 0 Å². The molecule has 0 aliphatic heterocycles. The highest BCUT2D eigenvalue weighted by molar-refractivity contribution is 5.97. The van der Waals surface area contributed by atoms with Crippen molar-refractivity contribution in [2.24, 2.45) is 0 Å². The maximum Gasteiger partial charge on any atom is 0.0490 e. The molecule has 0 N–H and O–H groups in total. The summed E-state index contributed by atoms with van der Waals surface area (Å²) in [5, 5.41) is 5.14. The Morgan fingerprint density at radius 1 is 0.690 bits per heavy atom. The summed E-state index contributed by atoms with van der Waals surface area (Å²) in [5.74, 6) is 0. The normalized spacial score (nSPS) is 12.0. The van der Waals surface area contributed by atoms with Gasteiger partial charge >= 0.3 is 0 Å². The molecule has 4 rings (SSSR count). The van der Waals surface area contributed by atoms with E-state index in [2.05, 4.69) is 123 Å². The van der Waals surface area contributed by atoms with Crippen molar-refractivity contribution in [3.63, 3.8) is 0 Å². The molecular formula is C27H30N2. The lowest BCUT2D eigenvalue weighted by Gasteiger charge is -2.36. The molecule has 2 heteroatoms. The van der Waals surface area contributed by atoms with Crippen LogP contribution in [0.25, 0.3) is 21.5 Å². The van der Waals surface area contributed by atoms with Crippen LogP contribution in [0.4, 0.5) is 11.4 Å². The SMILES string of the molecule is CN(C)C(C)(C)CCN(c1ccc2ccccc2c1)c1cccc2ccccc12. The quantitative estimate of drug-likeness (QED) is 0.359. The second-order valence-electron chi connectivity index (χ2n) is 8.64. The van der Waals surface area contributed by atoms with Gasteiger partial charge in [0, 0.05) is 28.8 Å². The highest BCUT2D eigenvalue weighted by Gasteiger charge is 2.23. The molecule has 0 radical (unpaired) electrons. The maximum atomic E-state index is 2.49. The molecule has 0 atom stereocenters. The highest BCUT2D eigenvalue weighted by Crippen LogP contribution is 2.35. The van der Waals surface area contributed by atoms with Crippen LogP contribution >= 0.6 is 0 Å². The molecule has 0 heterocycles.